The van der Waals surface area contributed by atoms with Crippen LogP contribution in [0, 0.1) is 6.92 Å². The van der Waals surface area contributed by atoms with Crippen LogP contribution in [0.3, 0.4) is 0 Å². The Labute approximate surface area is 163 Å². The van der Waals surface area contributed by atoms with Crippen LogP contribution in [0.1, 0.15) is 40.3 Å². The van der Waals surface area contributed by atoms with Crippen LogP contribution in [0.4, 0.5) is 0 Å². The van der Waals surface area contributed by atoms with E-state index >= 15 is 0 Å². The van der Waals surface area contributed by atoms with Gasteiger partial charge >= 0.3 is 0 Å². The second-order valence-electron chi connectivity index (χ2n) is 7.73. The minimum absolute atomic E-state index is 0.0124. The summed E-state index contributed by atoms with van der Waals surface area (Å²) in [6.45, 7) is 2.09. The summed E-state index contributed by atoms with van der Waals surface area (Å²) in [5.74, 6) is 0.0889. The molecule has 3 nitrogen and oxygen atoms in total. The van der Waals surface area contributed by atoms with Crippen molar-refractivity contribution in [2.75, 3.05) is 0 Å². The van der Waals surface area contributed by atoms with Crippen molar-refractivity contribution in [3.63, 3.8) is 0 Å². The number of benzene rings is 3. The van der Waals surface area contributed by atoms with Crippen molar-refractivity contribution in [2.24, 2.45) is 0 Å². The predicted octanol–water partition coefficient (Wildman–Crippen LogP) is 5.33. The Morgan fingerprint density at radius 1 is 0.929 bits per heavy atom. The summed E-state index contributed by atoms with van der Waals surface area (Å²) in [5.41, 5.74) is 6.82. The van der Waals surface area contributed by atoms with Gasteiger partial charge < -0.3 is 0 Å². The van der Waals surface area contributed by atoms with Gasteiger partial charge in [0.05, 0.1) is 11.3 Å². The highest BCUT2D eigenvalue weighted by atomic mass is 16.1. The molecule has 0 radical (unpaired) electrons. The molecule has 1 aromatic heterocycles. The fraction of sp³-hybridized carbons (Fsp3) is 0.160. The maximum Gasteiger partial charge on any atom is 0.268 e. The molecule has 2 N–H and O–H groups in total. The van der Waals surface area contributed by atoms with Gasteiger partial charge in [0.25, 0.3) is 5.56 Å². The van der Waals surface area contributed by atoms with E-state index < -0.39 is 0 Å². The molecule has 1 heterocycles. The number of H-pyrrole nitrogens is 2. The number of rotatable bonds is 3. The number of aromatic nitrogens is 2. The standard InChI is InChI=1S/C25H22N2O/c1-16-6-9-20(10-7-16)22-14-18(15-23-24(22)25(28)27-26-23)12-17-8-11-19-4-2-3-5-21(19)13-17/h2-11,13,15,22H,12,14H2,1H3,(H2,26,27,28). The first-order valence-electron chi connectivity index (χ1n) is 9.71. The molecule has 0 bridgehead atoms. The molecular weight excluding hydrogens is 344 g/mol. The van der Waals surface area contributed by atoms with Crippen molar-refractivity contribution in [3.8, 4) is 0 Å². The van der Waals surface area contributed by atoms with Gasteiger partial charge in [0.15, 0.2) is 0 Å². The number of fused-ring (bicyclic) bond motifs is 2. The summed E-state index contributed by atoms with van der Waals surface area (Å²) >= 11 is 0. The van der Waals surface area contributed by atoms with Crippen LogP contribution in [-0.2, 0) is 6.42 Å². The van der Waals surface area contributed by atoms with E-state index in [9.17, 15) is 4.79 Å². The number of hydrogen-bond donors (Lipinski definition) is 2. The van der Waals surface area contributed by atoms with Crippen molar-refractivity contribution in [3.05, 3.63) is 111 Å². The van der Waals surface area contributed by atoms with E-state index in [0.717, 1.165) is 24.1 Å². The molecule has 1 aliphatic rings. The molecule has 0 fully saturated rings. The van der Waals surface area contributed by atoms with Crippen LogP contribution in [0.25, 0.3) is 16.8 Å². The molecule has 1 aliphatic carbocycles. The smallest absolute Gasteiger partial charge is 0.268 e. The summed E-state index contributed by atoms with van der Waals surface area (Å²) in [5, 5.41) is 8.37. The zero-order chi connectivity index (χ0) is 19.1. The van der Waals surface area contributed by atoms with E-state index in [0.29, 0.717) is 0 Å². The number of allylic oxidation sites excluding steroid dienone is 1. The van der Waals surface area contributed by atoms with Crippen molar-refractivity contribution in [1.82, 2.24) is 10.2 Å². The lowest BCUT2D eigenvalue weighted by molar-refractivity contribution is 0.762. The highest BCUT2D eigenvalue weighted by Gasteiger charge is 2.27. The lowest BCUT2D eigenvalue weighted by atomic mass is 9.80. The zero-order valence-corrected chi connectivity index (χ0v) is 15.8. The summed E-state index contributed by atoms with van der Waals surface area (Å²) in [7, 11) is 0. The highest BCUT2D eigenvalue weighted by molar-refractivity contribution is 5.83. The van der Waals surface area contributed by atoms with E-state index in [-0.39, 0.29) is 11.5 Å². The van der Waals surface area contributed by atoms with Crippen LogP contribution in [0.2, 0.25) is 0 Å². The number of hydrogen-bond acceptors (Lipinski definition) is 1. The number of nitrogens with one attached hydrogen (secondary N) is 2. The lowest BCUT2D eigenvalue weighted by Gasteiger charge is -2.23. The Morgan fingerprint density at radius 2 is 1.71 bits per heavy atom. The van der Waals surface area contributed by atoms with Gasteiger partial charge in [-0.3, -0.25) is 15.0 Å². The summed E-state index contributed by atoms with van der Waals surface area (Å²) in [6, 6.07) is 23.7. The third kappa shape index (κ3) is 2.99. The van der Waals surface area contributed by atoms with Crippen LogP contribution < -0.4 is 5.56 Å². The maximum absolute atomic E-state index is 12.4. The Bertz CT molecular complexity index is 1240. The highest BCUT2D eigenvalue weighted by Crippen LogP contribution is 2.37. The van der Waals surface area contributed by atoms with Crippen molar-refractivity contribution in [2.45, 2.75) is 25.7 Å². The molecule has 1 unspecified atom stereocenters. The summed E-state index contributed by atoms with van der Waals surface area (Å²) < 4.78 is 0. The Morgan fingerprint density at radius 3 is 2.54 bits per heavy atom. The quantitative estimate of drug-likeness (QED) is 0.506. The second kappa shape index (κ2) is 6.68. The Balaban J connectivity index is 1.52. The van der Waals surface area contributed by atoms with E-state index in [1.807, 2.05) is 0 Å². The number of aromatic amines is 2. The molecule has 3 aromatic carbocycles. The molecule has 0 saturated heterocycles. The average Bonchev–Trinajstić information content (AvgIpc) is 3.09. The van der Waals surface area contributed by atoms with Gasteiger partial charge in [0.2, 0.25) is 0 Å². The van der Waals surface area contributed by atoms with Gasteiger partial charge in [-0.1, -0.05) is 77.9 Å². The first-order chi connectivity index (χ1) is 13.7. The van der Waals surface area contributed by atoms with Crippen LogP contribution in [-0.4, -0.2) is 10.2 Å². The molecule has 0 saturated carbocycles. The van der Waals surface area contributed by atoms with Crippen LogP contribution >= 0.6 is 0 Å². The molecule has 28 heavy (non-hydrogen) atoms. The summed E-state index contributed by atoms with van der Waals surface area (Å²) in [6.07, 6.45) is 3.90. The molecular formula is C25H22N2O. The Kier molecular flexibility index (Phi) is 4.01. The van der Waals surface area contributed by atoms with Gasteiger partial charge in [-0.05, 0) is 47.7 Å². The molecule has 0 amide bonds. The topological polar surface area (TPSA) is 48.6 Å². The third-order valence-corrected chi connectivity index (χ3v) is 5.73. The SMILES string of the molecule is Cc1ccc(C2CC(Cc3ccc4ccccc4c3)=Cc3[nH][nH]c(=O)c32)cc1. The van der Waals surface area contributed by atoms with Crippen molar-refractivity contribution >= 4 is 16.8 Å². The van der Waals surface area contributed by atoms with Crippen LogP contribution in [0.15, 0.2) is 77.1 Å². The second-order valence-corrected chi connectivity index (χ2v) is 7.73. The predicted molar refractivity (Wildman–Crippen MR) is 115 cm³/mol. The van der Waals surface area contributed by atoms with E-state index in [4.69, 9.17) is 0 Å². The fourth-order valence-electron chi connectivity index (χ4n) is 4.29. The Hall–Kier alpha value is -3.33. The monoisotopic (exact) mass is 366 g/mol. The van der Waals surface area contributed by atoms with E-state index in [2.05, 4.69) is 89.9 Å². The molecule has 5 rings (SSSR count). The molecule has 1 atom stereocenters. The molecule has 0 aliphatic heterocycles. The lowest BCUT2D eigenvalue weighted by Crippen LogP contribution is -2.17. The maximum atomic E-state index is 12.4. The van der Waals surface area contributed by atoms with Crippen LogP contribution in [0.5, 0.6) is 0 Å². The van der Waals surface area contributed by atoms with Gasteiger partial charge in [-0.25, -0.2) is 0 Å². The van der Waals surface area contributed by atoms with E-state index in [1.165, 1.54) is 33.0 Å². The average molecular weight is 366 g/mol. The largest absolute Gasteiger partial charge is 0.298 e. The number of aryl methyl sites for hydroxylation is 1. The fourth-order valence-corrected chi connectivity index (χ4v) is 4.29. The van der Waals surface area contributed by atoms with Gasteiger partial charge in [0, 0.05) is 5.92 Å². The normalized spacial score (nSPS) is 16.0. The van der Waals surface area contributed by atoms with Crippen molar-refractivity contribution in [1.29, 1.82) is 0 Å². The first kappa shape index (κ1) is 16.8. The zero-order valence-electron chi connectivity index (χ0n) is 15.8. The minimum Gasteiger partial charge on any atom is -0.298 e. The first-order valence-corrected chi connectivity index (χ1v) is 9.71. The van der Waals surface area contributed by atoms with Gasteiger partial charge in [-0.2, -0.15) is 0 Å². The van der Waals surface area contributed by atoms with Crippen molar-refractivity contribution < 1.29 is 0 Å². The van der Waals surface area contributed by atoms with E-state index in [1.54, 1.807) is 0 Å². The molecule has 0 spiro atoms. The minimum atomic E-state index is -0.0124. The third-order valence-electron chi connectivity index (χ3n) is 5.73. The molecule has 138 valence electrons. The molecule has 4 aromatic rings. The van der Waals surface area contributed by atoms with Gasteiger partial charge in [0.1, 0.15) is 0 Å². The summed E-state index contributed by atoms with van der Waals surface area (Å²) in [4.78, 5) is 12.4. The van der Waals surface area contributed by atoms with Gasteiger partial charge in [-0.15, -0.1) is 0 Å². The molecule has 3 heteroatoms.